The van der Waals surface area contributed by atoms with Crippen molar-refractivity contribution in [3.8, 4) is 11.5 Å². The maximum absolute atomic E-state index is 10.7. The maximum Gasteiger partial charge on any atom is 0.303 e. The van der Waals surface area contributed by atoms with Gasteiger partial charge in [-0.3, -0.25) is 4.79 Å². The highest BCUT2D eigenvalue weighted by Crippen LogP contribution is 2.35. The van der Waals surface area contributed by atoms with Crippen LogP contribution in [0.1, 0.15) is 36.8 Å². The average Bonchev–Trinajstić information content (AvgIpc) is 3.14. The molecule has 5 heteroatoms. The molecule has 0 spiro atoms. The standard InChI is InChI=1S/C22H23ClO4/c1-26-18-9-5-15(6-10-18)20-4-2-3-17(20)14-27-19-11-7-16(21(23)13-19)8-12-22(24)25/h5-7,9-11,13H,2-4,8,12,14H2,1H3,(H,24,25). The van der Waals surface area contributed by atoms with E-state index in [9.17, 15) is 4.79 Å². The Balaban J connectivity index is 1.67. The van der Waals surface area contributed by atoms with Gasteiger partial charge in [0.15, 0.2) is 0 Å². The molecule has 0 saturated carbocycles. The molecule has 2 aromatic rings. The molecule has 0 aliphatic heterocycles. The highest BCUT2D eigenvalue weighted by Gasteiger charge is 2.17. The number of hydrogen-bond donors (Lipinski definition) is 1. The normalized spacial score (nSPS) is 13.7. The highest BCUT2D eigenvalue weighted by atomic mass is 35.5. The number of carboxylic acid groups (broad SMARTS) is 1. The van der Waals surface area contributed by atoms with E-state index in [1.54, 1.807) is 13.2 Å². The van der Waals surface area contributed by atoms with E-state index in [-0.39, 0.29) is 6.42 Å². The Morgan fingerprint density at radius 3 is 2.52 bits per heavy atom. The van der Waals surface area contributed by atoms with Gasteiger partial charge in [-0.15, -0.1) is 0 Å². The first-order valence-corrected chi connectivity index (χ1v) is 9.43. The summed E-state index contributed by atoms with van der Waals surface area (Å²) in [5, 5.41) is 9.34. The summed E-state index contributed by atoms with van der Waals surface area (Å²) in [5.41, 5.74) is 4.70. The molecule has 0 amide bonds. The average molecular weight is 387 g/mol. The number of benzene rings is 2. The number of halogens is 1. The van der Waals surface area contributed by atoms with Crippen LogP contribution in [-0.2, 0) is 11.2 Å². The lowest BCUT2D eigenvalue weighted by atomic mass is 10.0. The SMILES string of the molecule is COc1ccc(C2=C(COc3ccc(CCC(=O)O)c(Cl)c3)CCC2)cc1. The second-order valence-corrected chi connectivity index (χ2v) is 7.01. The van der Waals surface area contributed by atoms with Gasteiger partial charge in [-0.1, -0.05) is 29.8 Å². The molecule has 2 aromatic carbocycles. The number of rotatable bonds is 8. The Hall–Kier alpha value is -2.46. The molecule has 0 aromatic heterocycles. The first kappa shape index (κ1) is 19.3. The van der Waals surface area contributed by atoms with Gasteiger partial charge in [-0.2, -0.15) is 0 Å². The van der Waals surface area contributed by atoms with E-state index < -0.39 is 5.97 Å². The molecule has 1 aliphatic carbocycles. The summed E-state index contributed by atoms with van der Waals surface area (Å²) < 4.78 is 11.2. The number of aryl methyl sites for hydroxylation is 1. The summed E-state index contributed by atoms with van der Waals surface area (Å²) >= 11 is 6.26. The van der Waals surface area contributed by atoms with Crippen molar-refractivity contribution >= 4 is 23.1 Å². The van der Waals surface area contributed by atoms with Crippen LogP contribution in [0.4, 0.5) is 0 Å². The fourth-order valence-electron chi connectivity index (χ4n) is 3.34. The first-order valence-electron chi connectivity index (χ1n) is 9.05. The van der Waals surface area contributed by atoms with Gasteiger partial charge in [0.1, 0.15) is 18.1 Å². The van der Waals surface area contributed by atoms with Crippen molar-refractivity contribution in [2.45, 2.75) is 32.1 Å². The Morgan fingerprint density at radius 1 is 1.11 bits per heavy atom. The molecule has 1 aliphatic rings. The Kier molecular flexibility index (Phi) is 6.40. The van der Waals surface area contributed by atoms with Crippen LogP contribution in [0.15, 0.2) is 48.0 Å². The van der Waals surface area contributed by atoms with Crippen molar-refractivity contribution in [3.05, 3.63) is 64.2 Å². The highest BCUT2D eigenvalue weighted by molar-refractivity contribution is 6.31. The molecule has 0 saturated heterocycles. The summed E-state index contributed by atoms with van der Waals surface area (Å²) in [6.45, 7) is 0.534. The minimum Gasteiger partial charge on any atom is -0.497 e. The molecule has 0 unspecified atom stereocenters. The molecule has 0 atom stereocenters. The van der Waals surface area contributed by atoms with Gasteiger partial charge >= 0.3 is 5.97 Å². The first-order chi connectivity index (χ1) is 13.1. The van der Waals surface area contributed by atoms with Crippen LogP contribution in [0.25, 0.3) is 5.57 Å². The quantitative estimate of drug-likeness (QED) is 0.661. The van der Waals surface area contributed by atoms with E-state index in [4.69, 9.17) is 26.2 Å². The third-order valence-electron chi connectivity index (χ3n) is 4.82. The van der Waals surface area contributed by atoms with Crippen molar-refractivity contribution in [2.24, 2.45) is 0 Å². The van der Waals surface area contributed by atoms with Gasteiger partial charge in [-0.25, -0.2) is 0 Å². The minimum absolute atomic E-state index is 0.0675. The second-order valence-electron chi connectivity index (χ2n) is 6.60. The number of allylic oxidation sites excluding steroid dienone is 1. The smallest absolute Gasteiger partial charge is 0.303 e. The maximum atomic E-state index is 10.7. The van der Waals surface area contributed by atoms with E-state index in [1.165, 1.54) is 16.7 Å². The molecule has 4 nitrogen and oxygen atoms in total. The summed E-state index contributed by atoms with van der Waals surface area (Å²) in [6.07, 6.45) is 3.71. The number of methoxy groups -OCH3 is 1. The summed E-state index contributed by atoms with van der Waals surface area (Å²) in [6, 6.07) is 13.6. The van der Waals surface area contributed by atoms with Gasteiger partial charge < -0.3 is 14.6 Å². The van der Waals surface area contributed by atoms with Gasteiger partial charge in [0.2, 0.25) is 0 Å². The van der Waals surface area contributed by atoms with Gasteiger partial charge in [-0.05, 0) is 72.2 Å². The molecule has 142 valence electrons. The van der Waals surface area contributed by atoms with Gasteiger partial charge in [0.05, 0.1) is 7.11 Å². The van der Waals surface area contributed by atoms with Crippen LogP contribution in [0, 0.1) is 0 Å². The minimum atomic E-state index is -0.828. The Bertz CT molecular complexity index is 840. The molecular weight excluding hydrogens is 364 g/mol. The predicted octanol–water partition coefficient (Wildman–Crippen LogP) is 5.38. The molecule has 3 rings (SSSR count). The summed E-state index contributed by atoms with van der Waals surface area (Å²) in [7, 11) is 1.67. The van der Waals surface area contributed by atoms with E-state index in [0.29, 0.717) is 23.8 Å². The number of hydrogen-bond acceptors (Lipinski definition) is 3. The largest absolute Gasteiger partial charge is 0.497 e. The van der Waals surface area contributed by atoms with Crippen molar-refractivity contribution in [1.29, 1.82) is 0 Å². The van der Waals surface area contributed by atoms with Gasteiger partial charge in [0, 0.05) is 11.4 Å². The van der Waals surface area contributed by atoms with E-state index in [1.807, 2.05) is 24.3 Å². The third kappa shape index (κ3) is 5.04. The monoisotopic (exact) mass is 386 g/mol. The zero-order valence-corrected chi connectivity index (χ0v) is 16.1. The van der Waals surface area contributed by atoms with E-state index in [0.717, 1.165) is 30.6 Å². The molecule has 1 N–H and O–H groups in total. The molecular formula is C22H23ClO4. The van der Waals surface area contributed by atoms with E-state index >= 15 is 0 Å². The predicted molar refractivity (Wildman–Crippen MR) is 107 cm³/mol. The van der Waals surface area contributed by atoms with Crippen molar-refractivity contribution in [1.82, 2.24) is 0 Å². The Morgan fingerprint density at radius 2 is 1.85 bits per heavy atom. The summed E-state index contributed by atoms with van der Waals surface area (Å²) in [5.74, 6) is 0.728. The van der Waals surface area contributed by atoms with Gasteiger partial charge in [0.25, 0.3) is 0 Å². The molecule has 27 heavy (non-hydrogen) atoms. The Labute approximate surface area is 164 Å². The number of aliphatic carboxylic acids is 1. The fourth-order valence-corrected chi connectivity index (χ4v) is 3.60. The third-order valence-corrected chi connectivity index (χ3v) is 5.17. The molecule has 0 radical (unpaired) electrons. The second kappa shape index (κ2) is 8.96. The number of carbonyl (C=O) groups is 1. The lowest BCUT2D eigenvalue weighted by Crippen LogP contribution is -2.02. The van der Waals surface area contributed by atoms with Crippen LogP contribution < -0.4 is 9.47 Å². The van der Waals surface area contributed by atoms with Crippen LogP contribution in [-0.4, -0.2) is 24.8 Å². The zero-order chi connectivity index (χ0) is 19.2. The molecule has 0 bridgehead atoms. The van der Waals surface area contributed by atoms with Crippen LogP contribution in [0.5, 0.6) is 11.5 Å². The van der Waals surface area contributed by atoms with Crippen molar-refractivity contribution in [2.75, 3.05) is 13.7 Å². The summed E-state index contributed by atoms with van der Waals surface area (Å²) in [4.78, 5) is 10.7. The topological polar surface area (TPSA) is 55.8 Å². The molecule has 0 heterocycles. The van der Waals surface area contributed by atoms with E-state index in [2.05, 4.69) is 12.1 Å². The lowest BCUT2D eigenvalue weighted by Gasteiger charge is -2.12. The van der Waals surface area contributed by atoms with Crippen LogP contribution >= 0.6 is 11.6 Å². The van der Waals surface area contributed by atoms with Crippen LogP contribution in [0.3, 0.4) is 0 Å². The lowest BCUT2D eigenvalue weighted by molar-refractivity contribution is -0.136. The van der Waals surface area contributed by atoms with Crippen LogP contribution in [0.2, 0.25) is 5.02 Å². The fraction of sp³-hybridized carbons (Fsp3) is 0.318. The zero-order valence-electron chi connectivity index (χ0n) is 15.3. The van der Waals surface area contributed by atoms with Crippen molar-refractivity contribution < 1.29 is 19.4 Å². The number of ether oxygens (including phenoxy) is 2. The molecule has 0 fully saturated rings. The number of carboxylic acids is 1. The van der Waals surface area contributed by atoms with Crippen molar-refractivity contribution in [3.63, 3.8) is 0 Å².